The van der Waals surface area contributed by atoms with E-state index in [0.717, 1.165) is 51.7 Å². The van der Waals surface area contributed by atoms with E-state index in [1.54, 1.807) is 0 Å². The van der Waals surface area contributed by atoms with Gasteiger partial charge in [-0.3, -0.25) is 5.32 Å². The summed E-state index contributed by atoms with van der Waals surface area (Å²) in [6.45, 7) is 4.01. The molecule has 4 nitrogen and oxygen atoms in total. The van der Waals surface area contributed by atoms with Crippen LogP contribution in [-0.2, 0) is 0 Å². The number of quaternary nitrogens is 1. The predicted molar refractivity (Wildman–Crippen MR) is 101 cm³/mol. The van der Waals surface area contributed by atoms with Crippen LogP contribution in [0.2, 0.25) is 0 Å². The summed E-state index contributed by atoms with van der Waals surface area (Å²) in [5.41, 5.74) is 19.8. The van der Waals surface area contributed by atoms with Crippen LogP contribution in [-0.4, -0.2) is 5.71 Å². The number of rotatable bonds is 3. The fourth-order valence-corrected chi connectivity index (χ4v) is 2.67. The molecule has 0 saturated heterocycles. The summed E-state index contributed by atoms with van der Waals surface area (Å²) < 4.78 is 0. The molecule has 24 heavy (non-hydrogen) atoms. The fraction of sp³-hybridized carbons (Fsp3) is 0.150. The molecule has 0 aliphatic heterocycles. The van der Waals surface area contributed by atoms with Crippen LogP contribution < -0.4 is 16.8 Å². The van der Waals surface area contributed by atoms with Gasteiger partial charge in [-0.05, 0) is 49.3 Å². The molecule has 0 bridgehead atoms. The van der Waals surface area contributed by atoms with Crippen molar-refractivity contribution >= 4 is 28.5 Å². The summed E-state index contributed by atoms with van der Waals surface area (Å²) in [6.07, 6.45) is 4.81. The zero-order valence-electron chi connectivity index (χ0n) is 14.1. The third-order valence-corrected chi connectivity index (χ3v) is 4.17. The molecular weight excluding hydrogens is 296 g/mol. The Labute approximate surface area is 142 Å². The van der Waals surface area contributed by atoms with Crippen molar-refractivity contribution in [2.75, 3.05) is 5.73 Å². The van der Waals surface area contributed by atoms with Crippen molar-refractivity contribution in [2.24, 2.45) is 10.7 Å². The van der Waals surface area contributed by atoms with Gasteiger partial charge in [-0.1, -0.05) is 24.3 Å². The van der Waals surface area contributed by atoms with Crippen LogP contribution in [0, 0.1) is 6.92 Å². The van der Waals surface area contributed by atoms with Crippen LogP contribution >= 0.6 is 0 Å². The molecule has 2 aromatic rings. The van der Waals surface area contributed by atoms with E-state index >= 15 is 0 Å². The maximum atomic E-state index is 6.11. The second-order valence-corrected chi connectivity index (χ2v) is 6.12. The van der Waals surface area contributed by atoms with Crippen molar-refractivity contribution in [3.05, 3.63) is 71.5 Å². The van der Waals surface area contributed by atoms with Crippen molar-refractivity contribution < 1.29 is 5.32 Å². The first-order valence-corrected chi connectivity index (χ1v) is 8.05. The monoisotopic (exact) mass is 319 g/mol. The molecule has 0 atom stereocenters. The Balaban J connectivity index is 1.99. The summed E-state index contributed by atoms with van der Waals surface area (Å²) in [7, 11) is 0. The Kier molecular flexibility index (Phi) is 4.49. The summed E-state index contributed by atoms with van der Waals surface area (Å²) >= 11 is 0. The Morgan fingerprint density at radius 2 is 1.79 bits per heavy atom. The lowest BCUT2D eigenvalue weighted by molar-refractivity contribution is -0.477. The lowest BCUT2D eigenvalue weighted by Crippen LogP contribution is -2.71. The van der Waals surface area contributed by atoms with Gasteiger partial charge < -0.3 is 11.5 Å². The number of nitrogens with zero attached hydrogens (tertiary/aromatic N) is 1. The molecule has 3 rings (SSSR count). The molecule has 0 unspecified atom stereocenters. The van der Waals surface area contributed by atoms with Gasteiger partial charge in [0, 0.05) is 29.6 Å². The third-order valence-electron chi connectivity index (χ3n) is 4.17. The number of anilines is 1. The van der Waals surface area contributed by atoms with Gasteiger partial charge in [0.25, 0.3) is 0 Å². The average Bonchev–Trinajstić information content (AvgIpc) is 2.56. The molecule has 0 amide bonds. The van der Waals surface area contributed by atoms with E-state index in [1.165, 1.54) is 0 Å². The SMILES string of the molecule is CC1=CC(=Nc2cc(C)c(N)cc2[NH2+]c2ccccc2)CC=C1N. The van der Waals surface area contributed by atoms with Crippen LogP contribution in [0.3, 0.4) is 0 Å². The van der Waals surface area contributed by atoms with Gasteiger partial charge in [-0.2, -0.15) is 0 Å². The van der Waals surface area contributed by atoms with Crippen LogP contribution in [0.5, 0.6) is 0 Å². The van der Waals surface area contributed by atoms with Crippen molar-refractivity contribution in [1.29, 1.82) is 0 Å². The number of aryl methyl sites for hydroxylation is 1. The topological polar surface area (TPSA) is 81.0 Å². The highest BCUT2D eigenvalue weighted by Gasteiger charge is 2.12. The van der Waals surface area contributed by atoms with Crippen molar-refractivity contribution in [2.45, 2.75) is 20.3 Å². The Morgan fingerprint density at radius 1 is 1.04 bits per heavy atom. The normalized spacial score (nSPS) is 16.0. The summed E-state index contributed by atoms with van der Waals surface area (Å²) in [6, 6.07) is 14.2. The zero-order chi connectivity index (χ0) is 17.1. The Hall–Kier alpha value is -2.85. The van der Waals surface area contributed by atoms with Crippen LogP contribution in [0.15, 0.2) is 70.9 Å². The lowest BCUT2D eigenvalue weighted by Gasteiger charge is -2.12. The van der Waals surface area contributed by atoms with E-state index in [1.807, 2.05) is 56.3 Å². The number of hydrogen-bond acceptors (Lipinski definition) is 3. The van der Waals surface area contributed by atoms with E-state index in [4.69, 9.17) is 16.5 Å². The fourth-order valence-electron chi connectivity index (χ4n) is 2.67. The van der Waals surface area contributed by atoms with Gasteiger partial charge in [0.2, 0.25) is 0 Å². The van der Waals surface area contributed by atoms with Gasteiger partial charge in [-0.15, -0.1) is 0 Å². The van der Waals surface area contributed by atoms with E-state index < -0.39 is 0 Å². The molecule has 0 radical (unpaired) electrons. The molecule has 0 saturated carbocycles. The highest BCUT2D eigenvalue weighted by Crippen LogP contribution is 2.29. The smallest absolute Gasteiger partial charge is 0.162 e. The molecule has 1 aliphatic carbocycles. The highest BCUT2D eigenvalue weighted by molar-refractivity contribution is 6.00. The maximum Gasteiger partial charge on any atom is 0.162 e. The van der Waals surface area contributed by atoms with E-state index in [9.17, 15) is 0 Å². The summed E-state index contributed by atoms with van der Waals surface area (Å²) in [5, 5.41) is 2.11. The Bertz CT molecular complexity index is 845. The van der Waals surface area contributed by atoms with Crippen molar-refractivity contribution in [3.8, 4) is 0 Å². The summed E-state index contributed by atoms with van der Waals surface area (Å²) in [4.78, 5) is 4.85. The number of allylic oxidation sites excluding steroid dienone is 3. The standard InChI is InChI=1S/C20H22N4/c1-13-10-16(8-9-17(13)21)24-19-11-14(2)18(22)12-20(19)23-15-6-4-3-5-7-15/h3-7,9-12,23H,8,21-22H2,1-2H3/p+1. The minimum Gasteiger partial charge on any atom is -0.399 e. The van der Waals surface area contributed by atoms with E-state index in [-0.39, 0.29) is 0 Å². The van der Waals surface area contributed by atoms with Crippen LogP contribution in [0.1, 0.15) is 18.9 Å². The molecule has 0 fully saturated rings. The van der Waals surface area contributed by atoms with E-state index in [2.05, 4.69) is 17.4 Å². The number of aliphatic imine (C=N–C) groups is 1. The predicted octanol–water partition coefficient (Wildman–Crippen LogP) is 3.37. The number of benzene rings is 2. The minimum absolute atomic E-state index is 0.747. The number of nitrogens with two attached hydrogens (primary N) is 3. The average molecular weight is 319 g/mol. The first kappa shape index (κ1) is 16.0. The number of hydrogen-bond donors (Lipinski definition) is 3. The van der Waals surface area contributed by atoms with Gasteiger partial charge in [0.15, 0.2) is 5.69 Å². The zero-order valence-corrected chi connectivity index (χ0v) is 14.1. The maximum absolute atomic E-state index is 6.11. The first-order valence-electron chi connectivity index (χ1n) is 8.05. The third kappa shape index (κ3) is 3.55. The molecule has 0 heterocycles. The van der Waals surface area contributed by atoms with Crippen LogP contribution in [0.25, 0.3) is 0 Å². The highest BCUT2D eigenvalue weighted by atomic mass is 14.9. The molecule has 2 aromatic carbocycles. The van der Waals surface area contributed by atoms with E-state index in [0.29, 0.717) is 0 Å². The number of para-hydroxylation sites is 1. The molecule has 4 heteroatoms. The molecular formula is C20H23N4+. The number of nitrogen functional groups attached to an aromatic ring is 1. The van der Waals surface area contributed by atoms with Crippen molar-refractivity contribution in [3.63, 3.8) is 0 Å². The minimum atomic E-state index is 0.747. The largest absolute Gasteiger partial charge is 0.399 e. The van der Waals surface area contributed by atoms with Crippen molar-refractivity contribution in [1.82, 2.24) is 0 Å². The van der Waals surface area contributed by atoms with Crippen LogP contribution in [0.4, 0.5) is 22.7 Å². The summed E-state index contributed by atoms with van der Waals surface area (Å²) in [5.74, 6) is 0. The molecule has 0 spiro atoms. The van der Waals surface area contributed by atoms with Gasteiger partial charge in [-0.25, -0.2) is 4.99 Å². The molecule has 6 N–H and O–H groups in total. The lowest BCUT2D eigenvalue weighted by atomic mass is 10.0. The molecule has 0 aromatic heterocycles. The Morgan fingerprint density at radius 3 is 2.50 bits per heavy atom. The van der Waals surface area contributed by atoms with Gasteiger partial charge >= 0.3 is 0 Å². The van der Waals surface area contributed by atoms with Gasteiger partial charge in [0.05, 0.1) is 0 Å². The van der Waals surface area contributed by atoms with Gasteiger partial charge in [0.1, 0.15) is 11.4 Å². The first-order chi connectivity index (χ1) is 11.5. The second-order valence-electron chi connectivity index (χ2n) is 6.12. The molecule has 1 aliphatic rings. The second kappa shape index (κ2) is 6.72. The quantitative estimate of drug-likeness (QED) is 0.758. The molecule has 122 valence electrons.